The second-order valence-electron chi connectivity index (χ2n) is 3.36. The Morgan fingerprint density at radius 3 is 3.08 bits per heavy atom. The lowest BCUT2D eigenvalue weighted by Gasteiger charge is -2.25. The summed E-state index contributed by atoms with van der Waals surface area (Å²) >= 11 is 0. The molecular weight excluding hydrogens is 146 g/mol. The Kier molecular flexibility index (Phi) is 2.13. The summed E-state index contributed by atoms with van der Waals surface area (Å²) in [6, 6.07) is 9.36. The van der Waals surface area contributed by atoms with E-state index in [1.54, 1.807) is 0 Å². The Morgan fingerprint density at radius 1 is 1.42 bits per heavy atom. The Bertz CT molecular complexity index is 267. The van der Waals surface area contributed by atoms with Crippen LogP contribution in [0.2, 0.25) is 0 Å². The molecule has 1 nitrogen and oxygen atoms in total. The third-order valence-electron chi connectivity index (χ3n) is 2.62. The van der Waals surface area contributed by atoms with E-state index in [0.29, 0.717) is 6.04 Å². The molecule has 0 unspecified atom stereocenters. The van der Waals surface area contributed by atoms with Crippen LogP contribution in [0.3, 0.4) is 0 Å². The highest BCUT2D eigenvalue weighted by atomic mass is 14.9. The lowest BCUT2D eigenvalue weighted by molar-refractivity contribution is 0.492. The van der Waals surface area contributed by atoms with Crippen LogP contribution in [-0.4, -0.2) is 6.54 Å². The monoisotopic (exact) mass is 161 g/mol. The van der Waals surface area contributed by atoms with Gasteiger partial charge in [-0.05, 0) is 30.5 Å². The molecule has 1 aliphatic heterocycles. The first kappa shape index (κ1) is 7.81. The fraction of sp³-hybridized carbons (Fsp3) is 0.455. The van der Waals surface area contributed by atoms with E-state index in [1.165, 1.54) is 24.0 Å². The molecule has 0 aromatic heterocycles. The zero-order valence-electron chi connectivity index (χ0n) is 7.51. The van der Waals surface area contributed by atoms with Crippen LogP contribution in [0.25, 0.3) is 0 Å². The first-order valence-electron chi connectivity index (χ1n) is 4.73. The normalized spacial score (nSPS) is 21.9. The topological polar surface area (TPSA) is 12.0 Å². The summed E-state index contributed by atoms with van der Waals surface area (Å²) in [5.74, 6) is 0. The zero-order chi connectivity index (χ0) is 8.39. The summed E-state index contributed by atoms with van der Waals surface area (Å²) in [6.45, 7) is 3.37. The van der Waals surface area contributed by atoms with E-state index in [4.69, 9.17) is 0 Å². The van der Waals surface area contributed by atoms with Crippen molar-refractivity contribution in [3.63, 3.8) is 0 Å². The van der Waals surface area contributed by atoms with Crippen LogP contribution >= 0.6 is 0 Å². The van der Waals surface area contributed by atoms with Gasteiger partial charge in [-0.1, -0.05) is 31.2 Å². The van der Waals surface area contributed by atoms with Crippen molar-refractivity contribution in [2.24, 2.45) is 0 Å². The molecule has 1 aliphatic rings. The lowest BCUT2D eigenvalue weighted by atomic mass is 9.93. The molecule has 0 saturated carbocycles. The summed E-state index contributed by atoms with van der Waals surface area (Å²) < 4.78 is 0. The van der Waals surface area contributed by atoms with Crippen LogP contribution in [0.4, 0.5) is 0 Å². The van der Waals surface area contributed by atoms with Gasteiger partial charge in [0.05, 0.1) is 0 Å². The van der Waals surface area contributed by atoms with Gasteiger partial charge in [0.1, 0.15) is 0 Å². The van der Waals surface area contributed by atoms with Crippen molar-refractivity contribution in [3.05, 3.63) is 35.4 Å². The fourth-order valence-corrected chi connectivity index (χ4v) is 1.96. The van der Waals surface area contributed by atoms with Crippen molar-refractivity contribution < 1.29 is 0 Å². The van der Waals surface area contributed by atoms with Crippen molar-refractivity contribution in [2.45, 2.75) is 25.8 Å². The van der Waals surface area contributed by atoms with Gasteiger partial charge in [-0.2, -0.15) is 0 Å². The molecule has 1 heterocycles. The standard InChI is InChI=1S/C11H15N/c1-2-11-10-6-4-3-5-9(10)7-8-12-11/h3-6,11-12H,2,7-8H2,1H3/t11-/m1/s1. The molecule has 12 heavy (non-hydrogen) atoms. The van der Waals surface area contributed by atoms with Gasteiger partial charge in [0.2, 0.25) is 0 Å². The van der Waals surface area contributed by atoms with Crippen molar-refractivity contribution in [1.29, 1.82) is 0 Å². The van der Waals surface area contributed by atoms with Gasteiger partial charge < -0.3 is 5.32 Å². The van der Waals surface area contributed by atoms with Crippen molar-refractivity contribution in [1.82, 2.24) is 5.32 Å². The van der Waals surface area contributed by atoms with E-state index in [9.17, 15) is 0 Å². The van der Waals surface area contributed by atoms with Gasteiger partial charge in [0.15, 0.2) is 0 Å². The van der Waals surface area contributed by atoms with Gasteiger partial charge in [-0.15, -0.1) is 0 Å². The lowest BCUT2D eigenvalue weighted by Crippen LogP contribution is -2.29. The third-order valence-corrected chi connectivity index (χ3v) is 2.62. The second kappa shape index (κ2) is 3.28. The number of nitrogens with one attached hydrogen (secondary N) is 1. The van der Waals surface area contributed by atoms with Crippen LogP contribution in [-0.2, 0) is 6.42 Å². The SMILES string of the molecule is CC[C@H]1NCCc2ccccc21. The van der Waals surface area contributed by atoms with Gasteiger partial charge in [0, 0.05) is 6.04 Å². The van der Waals surface area contributed by atoms with E-state index in [-0.39, 0.29) is 0 Å². The smallest absolute Gasteiger partial charge is 0.0320 e. The average molecular weight is 161 g/mol. The molecule has 0 amide bonds. The van der Waals surface area contributed by atoms with Gasteiger partial charge >= 0.3 is 0 Å². The Balaban J connectivity index is 2.37. The van der Waals surface area contributed by atoms with Crippen LogP contribution in [0.15, 0.2) is 24.3 Å². The van der Waals surface area contributed by atoms with Crippen molar-refractivity contribution >= 4 is 0 Å². The van der Waals surface area contributed by atoms with Crippen LogP contribution in [0.1, 0.15) is 30.5 Å². The minimum Gasteiger partial charge on any atom is -0.310 e. The highest BCUT2D eigenvalue weighted by molar-refractivity contribution is 5.32. The summed E-state index contributed by atoms with van der Waals surface area (Å²) in [4.78, 5) is 0. The van der Waals surface area contributed by atoms with E-state index >= 15 is 0 Å². The van der Waals surface area contributed by atoms with Crippen LogP contribution in [0.5, 0.6) is 0 Å². The molecule has 1 heteroatoms. The van der Waals surface area contributed by atoms with Gasteiger partial charge in [-0.3, -0.25) is 0 Å². The van der Waals surface area contributed by atoms with Crippen LogP contribution < -0.4 is 5.32 Å². The molecule has 2 rings (SSSR count). The third kappa shape index (κ3) is 1.25. The van der Waals surface area contributed by atoms with Gasteiger partial charge in [0.25, 0.3) is 0 Å². The summed E-state index contributed by atoms with van der Waals surface area (Å²) in [5.41, 5.74) is 3.04. The zero-order valence-corrected chi connectivity index (χ0v) is 7.51. The summed E-state index contributed by atoms with van der Waals surface area (Å²) in [5, 5.41) is 3.52. The number of hydrogen-bond donors (Lipinski definition) is 1. The maximum absolute atomic E-state index is 3.52. The number of hydrogen-bond acceptors (Lipinski definition) is 1. The molecule has 0 spiro atoms. The predicted octanol–water partition coefficient (Wildman–Crippen LogP) is 2.28. The Hall–Kier alpha value is -0.820. The molecule has 1 N–H and O–H groups in total. The molecule has 1 aromatic carbocycles. The molecule has 0 aliphatic carbocycles. The second-order valence-corrected chi connectivity index (χ2v) is 3.36. The predicted molar refractivity (Wildman–Crippen MR) is 51.2 cm³/mol. The fourth-order valence-electron chi connectivity index (χ4n) is 1.96. The molecule has 0 saturated heterocycles. The van der Waals surface area contributed by atoms with E-state index in [0.717, 1.165) is 6.54 Å². The number of benzene rings is 1. The van der Waals surface area contributed by atoms with Gasteiger partial charge in [-0.25, -0.2) is 0 Å². The highest BCUT2D eigenvalue weighted by Crippen LogP contribution is 2.24. The Labute approximate surface area is 73.8 Å². The molecule has 1 atom stereocenters. The molecule has 64 valence electrons. The number of rotatable bonds is 1. The first-order chi connectivity index (χ1) is 5.92. The van der Waals surface area contributed by atoms with E-state index in [1.807, 2.05) is 0 Å². The molecule has 0 bridgehead atoms. The molecule has 0 radical (unpaired) electrons. The maximum Gasteiger partial charge on any atom is 0.0320 e. The van der Waals surface area contributed by atoms with Crippen LogP contribution in [0, 0.1) is 0 Å². The quantitative estimate of drug-likeness (QED) is 0.666. The Morgan fingerprint density at radius 2 is 2.25 bits per heavy atom. The minimum atomic E-state index is 0.593. The van der Waals surface area contributed by atoms with E-state index in [2.05, 4.69) is 36.5 Å². The molecule has 0 fully saturated rings. The number of fused-ring (bicyclic) bond motifs is 1. The first-order valence-corrected chi connectivity index (χ1v) is 4.73. The summed E-state index contributed by atoms with van der Waals surface area (Å²) in [6.07, 6.45) is 2.38. The van der Waals surface area contributed by atoms with Crippen molar-refractivity contribution in [3.8, 4) is 0 Å². The van der Waals surface area contributed by atoms with Crippen molar-refractivity contribution in [2.75, 3.05) is 6.54 Å². The molecule has 1 aromatic rings. The minimum absolute atomic E-state index is 0.593. The average Bonchev–Trinajstić information content (AvgIpc) is 2.17. The molecular formula is C11H15N. The largest absolute Gasteiger partial charge is 0.310 e. The summed E-state index contributed by atoms with van der Waals surface area (Å²) in [7, 11) is 0. The van der Waals surface area contributed by atoms with E-state index < -0.39 is 0 Å². The maximum atomic E-state index is 3.52. The highest BCUT2D eigenvalue weighted by Gasteiger charge is 2.16.